The van der Waals surface area contributed by atoms with Crippen LogP contribution in [0.5, 0.6) is 0 Å². The third kappa shape index (κ3) is 3.07. The van der Waals surface area contributed by atoms with Crippen LogP contribution in [0.15, 0.2) is 34.5 Å². The van der Waals surface area contributed by atoms with E-state index in [1.807, 2.05) is 17.1 Å². The van der Waals surface area contributed by atoms with Gasteiger partial charge in [0.1, 0.15) is 5.01 Å². The number of thioether (sulfide) groups is 1. The lowest BCUT2D eigenvalue weighted by atomic mass is 10.2. The Kier molecular flexibility index (Phi) is 3.98. The van der Waals surface area contributed by atoms with Crippen LogP contribution >= 0.6 is 23.1 Å². The molecule has 0 radical (unpaired) electrons. The number of rotatable bonds is 4. The molecule has 0 spiro atoms. The number of aromatic nitrogens is 1. The normalized spacial score (nSPS) is 10.6. The average Bonchev–Trinajstić information content (AvgIpc) is 2.76. The largest absolute Gasteiger partial charge is 0.325 e. The first kappa shape index (κ1) is 11.6. The van der Waals surface area contributed by atoms with E-state index in [0.29, 0.717) is 6.54 Å². The zero-order valence-corrected chi connectivity index (χ0v) is 10.8. The minimum atomic E-state index is 0.533. The van der Waals surface area contributed by atoms with Crippen molar-refractivity contribution in [1.29, 1.82) is 0 Å². The van der Waals surface area contributed by atoms with Gasteiger partial charge in [-0.3, -0.25) is 0 Å². The van der Waals surface area contributed by atoms with E-state index in [9.17, 15) is 0 Å². The zero-order valence-electron chi connectivity index (χ0n) is 9.14. The summed E-state index contributed by atoms with van der Waals surface area (Å²) in [5.74, 6) is 0.924. The molecule has 0 saturated carbocycles. The third-order valence-corrected chi connectivity index (χ3v) is 4.30. The fourth-order valence-corrected chi connectivity index (χ4v) is 3.01. The lowest BCUT2D eigenvalue weighted by Gasteiger charge is -1.99. The van der Waals surface area contributed by atoms with Gasteiger partial charge in [-0.2, -0.15) is 0 Å². The number of nitrogens with zero attached hydrogens (tertiary/aromatic N) is 1. The second-order valence-corrected chi connectivity index (χ2v) is 5.53. The highest BCUT2D eigenvalue weighted by Gasteiger charge is 2.01. The van der Waals surface area contributed by atoms with Crippen molar-refractivity contribution in [2.24, 2.45) is 5.73 Å². The van der Waals surface area contributed by atoms with Crippen LogP contribution in [0.2, 0.25) is 0 Å². The van der Waals surface area contributed by atoms with Crippen LogP contribution in [-0.2, 0) is 12.3 Å². The molecule has 0 saturated heterocycles. The Labute approximate surface area is 104 Å². The summed E-state index contributed by atoms with van der Waals surface area (Å²) in [7, 11) is 0. The highest BCUT2D eigenvalue weighted by Crippen LogP contribution is 2.24. The molecule has 4 heteroatoms. The first-order chi connectivity index (χ1) is 7.78. The molecule has 16 heavy (non-hydrogen) atoms. The highest BCUT2D eigenvalue weighted by atomic mass is 32.2. The molecule has 1 aromatic carbocycles. The van der Waals surface area contributed by atoms with Crippen LogP contribution in [0.1, 0.15) is 16.3 Å². The molecule has 1 heterocycles. The molecule has 2 aromatic rings. The maximum Gasteiger partial charge on any atom is 0.103 e. The van der Waals surface area contributed by atoms with Crippen molar-refractivity contribution in [1.82, 2.24) is 4.98 Å². The van der Waals surface area contributed by atoms with Crippen molar-refractivity contribution in [3.8, 4) is 0 Å². The Bertz CT molecular complexity index is 448. The molecular formula is C12H14N2S2. The summed E-state index contributed by atoms with van der Waals surface area (Å²) in [6.07, 6.45) is 0. The number of benzene rings is 1. The summed E-state index contributed by atoms with van der Waals surface area (Å²) < 4.78 is 0. The van der Waals surface area contributed by atoms with Gasteiger partial charge in [0.2, 0.25) is 0 Å². The van der Waals surface area contributed by atoms with Crippen molar-refractivity contribution in [3.05, 3.63) is 45.9 Å². The van der Waals surface area contributed by atoms with Gasteiger partial charge in [-0.15, -0.1) is 23.1 Å². The molecule has 0 bridgehead atoms. The second kappa shape index (κ2) is 5.48. The molecule has 0 unspecified atom stereocenters. The predicted octanol–water partition coefficient (Wildman–Crippen LogP) is 3.20. The lowest BCUT2D eigenvalue weighted by Crippen LogP contribution is -1.96. The first-order valence-corrected chi connectivity index (χ1v) is 6.97. The Hall–Kier alpha value is -0.840. The molecule has 84 valence electrons. The maximum atomic E-state index is 5.52. The number of nitrogens with two attached hydrogens (primary N) is 1. The van der Waals surface area contributed by atoms with Crippen molar-refractivity contribution < 1.29 is 0 Å². The van der Waals surface area contributed by atoms with Gasteiger partial charge in [0.25, 0.3) is 0 Å². The van der Waals surface area contributed by atoms with Gasteiger partial charge in [-0.25, -0.2) is 4.98 Å². The monoisotopic (exact) mass is 250 g/mol. The van der Waals surface area contributed by atoms with E-state index in [1.54, 1.807) is 11.3 Å². The predicted molar refractivity (Wildman–Crippen MR) is 70.7 cm³/mol. The summed E-state index contributed by atoms with van der Waals surface area (Å²) in [4.78, 5) is 5.72. The van der Waals surface area contributed by atoms with Crippen molar-refractivity contribution >= 4 is 23.1 Å². The minimum Gasteiger partial charge on any atom is -0.325 e. The van der Waals surface area contributed by atoms with Gasteiger partial charge in [0.15, 0.2) is 0 Å². The summed E-state index contributed by atoms with van der Waals surface area (Å²) in [6.45, 7) is 2.63. The van der Waals surface area contributed by atoms with Crippen molar-refractivity contribution in [2.45, 2.75) is 24.1 Å². The SMILES string of the molecule is Cc1ccc(SCc2nc(CN)cs2)cc1. The molecule has 0 aliphatic heterocycles. The van der Waals surface area contributed by atoms with E-state index in [4.69, 9.17) is 5.73 Å². The fourth-order valence-electron chi connectivity index (χ4n) is 1.29. The molecule has 2 rings (SSSR count). The van der Waals surface area contributed by atoms with Crippen molar-refractivity contribution in [3.63, 3.8) is 0 Å². The van der Waals surface area contributed by atoms with E-state index >= 15 is 0 Å². The maximum absolute atomic E-state index is 5.52. The van der Waals surface area contributed by atoms with Gasteiger partial charge >= 0.3 is 0 Å². The van der Waals surface area contributed by atoms with Crippen LogP contribution in [0.3, 0.4) is 0 Å². The Morgan fingerprint density at radius 2 is 2.06 bits per heavy atom. The molecule has 0 aliphatic rings. The summed E-state index contributed by atoms with van der Waals surface area (Å²) in [5, 5.41) is 3.18. The summed E-state index contributed by atoms with van der Waals surface area (Å²) in [5.41, 5.74) is 7.81. The summed E-state index contributed by atoms with van der Waals surface area (Å²) >= 11 is 3.50. The second-order valence-electron chi connectivity index (χ2n) is 3.54. The first-order valence-electron chi connectivity index (χ1n) is 5.11. The van der Waals surface area contributed by atoms with Crippen LogP contribution < -0.4 is 5.73 Å². The smallest absolute Gasteiger partial charge is 0.103 e. The number of hydrogen-bond donors (Lipinski definition) is 1. The number of aryl methyl sites for hydroxylation is 1. The van der Waals surface area contributed by atoms with Crippen molar-refractivity contribution in [2.75, 3.05) is 0 Å². The standard InChI is InChI=1S/C12H14N2S2/c1-9-2-4-11(5-3-9)15-8-12-14-10(6-13)7-16-12/h2-5,7H,6,8,13H2,1H3. The minimum absolute atomic E-state index is 0.533. The van der Waals surface area contributed by atoms with Crippen LogP contribution in [-0.4, -0.2) is 4.98 Å². The quantitative estimate of drug-likeness (QED) is 0.847. The zero-order chi connectivity index (χ0) is 11.4. The third-order valence-electron chi connectivity index (χ3n) is 2.19. The molecule has 0 fully saturated rings. The average molecular weight is 250 g/mol. The molecule has 0 aliphatic carbocycles. The van der Waals surface area contributed by atoms with Crippen LogP contribution in [0.25, 0.3) is 0 Å². The molecular weight excluding hydrogens is 236 g/mol. The Morgan fingerprint density at radius 1 is 1.31 bits per heavy atom. The Morgan fingerprint density at radius 3 is 2.69 bits per heavy atom. The molecule has 2 N–H and O–H groups in total. The van der Waals surface area contributed by atoms with Crippen LogP contribution in [0, 0.1) is 6.92 Å². The molecule has 2 nitrogen and oxygen atoms in total. The summed E-state index contributed by atoms with van der Waals surface area (Å²) in [6, 6.07) is 8.57. The van der Waals surface area contributed by atoms with Gasteiger partial charge in [-0.1, -0.05) is 17.7 Å². The van der Waals surface area contributed by atoms with E-state index in [2.05, 4.69) is 36.2 Å². The topological polar surface area (TPSA) is 38.9 Å². The fraction of sp³-hybridized carbons (Fsp3) is 0.250. The number of hydrogen-bond acceptors (Lipinski definition) is 4. The lowest BCUT2D eigenvalue weighted by molar-refractivity contribution is 0.996. The molecule has 1 aromatic heterocycles. The van der Waals surface area contributed by atoms with E-state index in [1.165, 1.54) is 10.5 Å². The number of thiazole rings is 1. The van der Waals surface area contributed by atoms with E-state index < -0.39 is 0 Å². The molecule has 0 atom stereocenters. The Balaban J connectivity index is 1.94. The van der Waals surface area contributed by atoms with Gasteiger partial charge in [0, 0.05) is 16.8 Å². The van der Waals surface area contributed by atoms with Gasteiger partial charge in [0.05, 0.1) is 11.4 Å². The molecule has 0 amide bonds. The van der Waals surface area contributed by atoms with Crippen LogP contribution in [0.4, 0.5) is 0 Å². The highest BCUT2D eigenvalue weighted by molar-refractivity contribution is 7.98. The van der Waals surface area contributed by atoms with E-state index in [0.717, 1.165) is 16.5 Å². The van der Waals surface area contributed by atoms with Gasteiger partial charge in [-0.05, 0) is 19.1 Å². The van der Waals surface area contributed by atoms with E-state index in [-0.39, 0.29) is 0 Å². The van der Waals surface area contributed by atoms with Gasteiger partial charge < -0.3 is 5.73 Å².